The first-order chi connectivity index (χ1) is 12.5. The molecule has 3 rings (SSSR count). The molecule has 2 aromatic carbocycles. The zero-order chi connectivity index (χ0) is 18.6. The van der Waals surface area contributed by atoms with Crippen LogP contribution in [0.15, 0.2) is 54.6 Å². The van der Waals surface area contributed by atoms with Gasteiger partial charge in [-0.1, -0.05) is 48.5 Å². The summed E-state index contributed by atoms with van der Waals surface area (Å²) in [6, 6.07) is 16.0. The van der Waals surface area contributed by atoms with Crippen molar-refractivity contribution in [3.63, 3.8) is 0 Å². The zero-order valence-corrected chi connectivity index (χ0v) is 15.1. The van der Waals surface area contributed by atoms with E-state index in [-0.39, 0.29) is 17.0 Å². The first-order valence-corrected chi connectivity index (χ1v) is 10.0. The number of nitrogens with zero attached hydrogens (tertiary/aromatic N) is 3. The fourth-order valence-electron chi connectivity index (χ4n) is 3.11. The average Bonchev–Trinajstić information content (AvgIpc) is 2.63. The van der Waals surface area contributed by atoms with Gasteiger partial charge in [-0.2, -0.15) is 4.31 Å². The number of hydrogen-bond acceptors (Lipinski definition) is 5. The highest BCUT2D eigenvalue weighted by Crippen LogP contribution is 2.22. The first kappa shape index (κ1) is 18.5. The van der Waals surface area contributed by atoms with Crippen molar-refractivity contribution in [3.05, 3.63) is 75.8 Å². The molecule has 8 heteroatoms. The Balaban J connectivity index is 1.62. The number of rotatable bonds is 6. The molecule has 0 aliphatic carbocycles. The van der Waals surface area contributed by atoms with Gasteiger partial charge in [-0.05, 0) is 5.56 Å². The minimum absolute atomic E-state index is 0.154. The SMILES string of the molecule is O=[N+]([O-])c1ccccc1CS(=O)(=O)N1CCN(Cc2ccccc2)CC1. The standard InChI is InChI=1S/C18H21N3O4S/c22-21(23)18-9-5-4-8-17(18)15-26(24,25)20-12-10-19(11-13-20)14-16-6-2-1-3-7-16/h1-9H,10-15H2. The Morgan fingerprint density at radius 3 is 2.19 bits per heavy atom. The lowest BCUT2D eigenvalue weighted by molar-refractivity contribution is -0.385. The maximum atomic E-state index is 12.7. The van der Waals surface area contributed by atoms with Gasteiger partial charge >= 0.3 is 0 Å². The van der Waals surface area contributed by atoms with Crippen molar-refractivity contribution in [3.8, 4) is 0 Å². The fourth-order valence-corrected chi connectivity index (χ4v) is 4.65. The van der Waals surface area contributed by atoms with Crippen LogP contribution in [0.1, 0.15) is 11.1 Å². The van der Waals surface area contributed by atoms with Gasteiger partial charge in [0.15, 0.2) is 0 Å². The van der Waals surface area contributed by atoms with E-state index in [1.165, 1.54) is 28.1 Å². The quantitative estimate of drug-likeness (QED) is 0.571. The maximum Gasteiger partial charge on any atom is 0.273 e. The Morgan fingerprint density at radius 1 is 0.923 bits per heavy atom. The van der Waals surface area contributed by atoms with E-state index in [0.717, 1.165) is 6.54 Å². The topological polar surface area (TPSA) is 83.8 Å². The molecule has 0 radical (unpaired) electrons. The van der Waals surface area contributed by atoms with Crippen LogP contribution in [0.3, 0.4) is 0 Å². The molecule has 0 aromatic heterocycles. The van der Waals surface area contributed by atoms with E-state index >= 15 is 0 Å². The van der Waals surface area contributed by atoms with E-state index < -0.39 is 14.9 Å². The molecule has 0 amide bonds. The van der Waals surface area contributed by atoms with E-state index in [4.69, 9.17) is 0 Å². The molecule has 1 fully saturated rings. The van der Waals surface area contributed by atoms with Gasteiger partial charge in [0, 0.05) is 44.4 Å². The Bertz CT molecular complexity index is 863. The molecule has 138 valence electrons. The van der Waals surface area contributed by atoms with E-state index in [1.807, 2.05) is 18.2 Å². The van der Waals surface area contributed by atoms with E-state index in [9.17, 15) is 18.5 Å². The van der Waals surface area contributed by atoms with Crippen molar-refractivity contribution in [2.75, 3.05) is 26.2 Å². The summed E-state index contributed by atoms with van der Waals surface area (Å²) in [5, 5.41) is 11.1. The Morgan fingerprint density at radius 2 is 1.54 bits per heavy atom. The molecular formula is C18H21N3O4S. The van der Waals surface area contributed by atoms with Crippen molar-refractivity contribution in [1.29, 1.82) is 0 Å². The third-order valence-corrected chi connectivity index (χ3v) is 6.33. The van der Waals surface area contributed by atoms with Crippen LogP contribution in [0, 0.1) is 10.1 Å². The molecule has 1 saturated heterocycles. The zero-order valence-electron chi connectivity index (χ0n) is 14.3. The van der Waals surface area contributed by atoms with Gasteiger partial charge in [0.25, 0.3) is 5.69 Å². The summed E-state index contributed by atoms with van der Waals surface area (Å²) in [5.41, 5.74) is 1.27. The minimum Gasteiger partial charge on any atom is -0.296 e. The van der Waals surface area contributed by atoms with Crippen LogP contribution >= 0.6 is 0 Å². The van der Waals surface area contributed by atoms with Crippen LogP contribution in [0.5, 0.6) is 0 Å². The highest BCUT2D eigenvalue weighted by Gasteiger charge is 2.29. The maximum absolute atomic E-state index is 12.7. The third kappa shape index (κ3) is 4.46. The largest absolute Gasteiger partial charge is 0.296 e. The van der Waals surface area contributed by atoms with Crippen molar-refractivity contribution in [2.45, 2.75) is 12.3 Å². The summed E-state index contributed by atoms with van der Waals surface area (Å²) in [6.45, 7) is 2.88. The van der Waals surface area contributed by atoms with E-state index in [1.54, 1.807) is 6.07 Å². The number of benzene rings is 2. The lowest BCUT2D eigenvalue weighted by atomic mass is 10.2. The monoisotopic (exact) mass is 375 g/mol. The summed E-state index contributed by atoms with van der Waals surface area (Å²) in [4.78, 5) is 12.8. The van der Waals surface area contributed by atoms with Crippen molar-refractivity contribution >= 4 is 15.7 Å². The molecule has 1 aliphatic rings. The molecule has 26 heavy (non-hydrogen) atoms. The molecule has 0 N–H and O–H groups in total. The van der Waals surface area contributed by atoms with Crippen LogP contribution in [0.25, 0.3) is 0 Å². The number of hydrogen-bond donors (Lipinski definition) is 0. The lowest BCUT2D eigenvalue weighted by Gasteiger charge is -2.34. The van der Waals surface area contributed by atoms with Gasteiger partial charge in [-0.15, -0.1) is 0 Å². The highest BCUT2D eigenvalue weighted by atomic mass is 32.2. The predicted octanol–water partition coefficient (Wildman–Crippen LogP) is 2.24. The van der Waals surface area contributed by atoms with Gasteiger partial charge in [0.1, 0.15) is 0 Å². The highest BCUT2D eigenvalue weighted by molar-refractivity contribution is 7.88. The van der Waals surface area contributed by atoms with Crippen LogP contribution in [-0.4, -0.2) is 48.7 Å². The Kier molecular flexibility index (Phi) is 5.65. The summed E-state index contributed by atoms with van der Waals surface area (Å²) in [7, 11) is -3.59. The fraction of sp³-hybridized carbons (Fsp3) is 0.333. The minimum atomic E-state index is -3.59. The van der Waals surface area contributed by atoms with Gasteiger partial charge < -0.3 is 0 Å². The number of piperazine rings is 1. The number of para-hydroxylation sites is 1. The molecular weight excluding hydrogens is 354 g/mol. The second kappa shape index (κ2) is 7.94. The average molecular weight is 375 g/mol. The van der Waals surface area contributed by atoms with Crippen LogP contribution in [0.2, 0.25) is 0 Å². The smallest absolute Gasteiger partial charge is 0.273 e. The van der Waals surface area contributed by atoms with Gasteiger partial charge in [0.2, 0.25) is 10.0 Å². The number of sulfonamides is 1. The second-order valence-corrected chi connectivity index (χ2v) is 8.27. The molecule has 0 bridgehead atoms. The molecule has 0 spiro atoms. The van der Waals surface area contributed by atoms with E-state index in [0.29, 0.717) is 26.2 Å². The van der Waals surface area contributed by atoms with Crippen molar-refractivity contribution in [1.82, 2.24) is 9.21 Å². The number of nitro benzene ring substituents is 1. The first-order valence-electron chi connectivity index (χ1n) is 8.42. The van der Waals surface area contributed by atoms with E-state index in [2.05, 4.69) is 17.0 Å². The predicted molar refractivity (Wildman–Crippen MR) is 99.0 cm³/mol. The lowest BCUT2D eigenvalue weighted by Crippen LogP contribution is -2.48. The Labute approximate surface area is 153 Å². The molecule has 7 nitrogen and oxygen atoms in total. The molecule has 0 saturated carbocycles. The van der Waals surface area contributed by atoms with Crippen molar-refractivity contribution < 1.29 is 13.3 Å². The summed E-state index contributed by atoms with van der Waals surface area (Å²) in [6.07, 6.45) is 0. The van der Waals surface area contributed by atoms with Gasteiger partial charge in [-0.25, -0.2) is 8.42 Å². The van der Waals surface area contributed by atoms with Gasteiger partial charge in [0.05, 0.1) is 10.7 Å². The molecule has 1 heterocycles. The van der Waals surface area contributed by atoms with Crippen LogP contribution < -0.4 is 0 Å². The Hall–Kier alpha value is -2.29. The summed E-state index contributed by atoms with van der Waals surface area (Å²) < 4.78 is 26.8. The normalized spacial score (nSPS) is 16.5. The van der Waals surface area contributed by atoms with Crippen LogP contribution in [-0.2, 0) is 22.3 Å². The third-order valence-electron chi connectivity index (χ3n) is 4.50. The summed E-state index contributed by atoms with van der Waals surface area (Å²) >= 11 is 0. The van der Waals surface area contributed by atoms with Gasteiger partial charge in [-0.3, -0.25) is 15.0 Å². The second-order valence-electron chi connectivity index (χ2n) is 6.30. The van der Waals surface area contributed by atoms with Crippen molar-refractivity contribution in [2.24, 2.45) is 0 Å². The molecule has 2 aromatic rings. The number of nitro groups is 1. The molecule has 0 atom stereocenters. The molecule has 0 unspecified atom stereocenters. The summed E-state index contributed by atoms with van der Waals surface area (Å²) in [5.74, 6) is -0.344. The van der Waals surface area contributed by atoms with Crippen LogP contribution in [0.4, 0.5) is 5.69 Å². The molecule has 1 aliphatic heterocycles.